The molecule has 0 spiro atoms. The first-order chi connectivity index (χ1) is 14.8. The van der Waals surface area contributed by atoms with E-state index in [1.807, 2.05) is 18.2 Å². The van der Waals surface area contributed by atoms with Crippen LogP contribution in [0.1, 0.15) is 30.1 Å². The number of anilines is 1. The number of aromatic nitrogens is 2. The monoisotopic (exact) mass is 402 g/mol. The quantitative estimate of drug-likeness (QED) is 0.537. The van der Waals surface area contributed by atoms with Crippen LogP contribution in [0.15, 0.2) is 79.0 Å². The van der Waals surface area contributed by atoms with Gasteiger partial charge in [-0.15, -0.1) is 5.10 Å². The van der Waals surface area contributed by atoms with Crippen molar-refractivity contribution in [1.82, 2.24) is 15.1 Å². The van der Waals surface area contributed by atoms with Crippen molar-refractivity contribution in [2.45, 2.75) is 25.0 Å². The molecule has 5 nitrogen and oxygen atoms in total. The molecule has 5 heteroatoms. The van der Waals surface area contributed by atoms with E-state index in [2.05, 4.69) is 81.6 Å². The summed E-state index contributed by atoms with van der Waals surface area (Å²) < 4.78 is 6.38. The third-order valence-electron chi connectivity index (χ3n) is 5.71. The van der Waals surface area contributed by atoms with Crippen LogP contribution in [-0.4, -0.2) is 54.4 Å². The van der Waals surface area contributed by atoms with Gasteiger partial charge in [0.25, 0.3) is 0 Å². The molecule has 3 aromatic rings. The molecule has 0 amide bonds. The number of benzene rings is 2. The van der Waals surface area contributed by atoms with Crippen molar-refractivity contribution in [3.05, 3.63) is 90.1 Å². The molecule has 1 unspecified atom stereocenters. The topological polar surface area (TPSA) is 41.5 Å². The minimum atomic E-state index is -0.0385. The third-order valence-corrected chi connectivity index (χ3v) is 5.71. The second-order valence-corrected chi connectivity index (χ2v) is 7.91. The van der Waals surface area contributed by atoms with Crippen LogP contribution in [-0.2, 0) is 4.74 Å². The summed E-state index contributed by atoms with van der Waals surface area (Å²) in [6.45, 7) is 3.63. The molecule has 1 saturated heterocycles. The molecule has 0 aliphatic carbocycles. The highest BCUT2D eigenvalue weighted by atomic mass is 16.5. The van der Waals surface area contributed by atoms with Gasteiger partial charge in [0.2, 0.25) is 0 Å². The van der Waals surface area contributed by atoms with Gasteiger partial charge in [-0.25, -0.2) is 0 Å². The molecule has 2 heterocycles. The number of nitrogens with zero attached hydrogens (tertiary/aromatic N) is 4. The predicted octanol–water partition coefficient (Wildman–Crippen LogP) is 4.18. The summed E-state index contributed by atoms with van der Waals surface area (Å²) in [7, 11) is 2.18. The van der Waals surface area contributed by atoms with Gasteiger partial charge in [-0.3, -0.25) is 0 Å². The maximum Gasteiger partial charge on any atom is 0.151 e. The number of hydrogen-bond donors (Lipinski definition) is 0. The lowest BCUT2D eigenvalue weighted by Gasteiger charge is -2.29. The van der Waals surface area contributed by atoms with E-state index < -0.39 is 0 Å². The second-order valence-electron chi connectivity index (χ2n) is 7.91. The fourth-order valence-corrected chi connectivity index (χ4v) is 4.19. The molecule has 1 atom stereocenters. The van der Waals surface area contributed by atoms with E-state index in [9.17, 15) is 0 Å². The van der Waals surface area contributed by atoms with Gasteiger partial charge >= 0.3 is 0 Å². The Kier molecular flexibility index (Phi) is 7.06. The average Bonchev–Trinajstić information content (AvgIpc) is 3.26. The standard InChI is InChI=1S/C25H30N4O/c1-28(20-23-14-9-17-29(23)24-15-8-16-26-27-24)18-19-30-25(21-10-4-2-5-11-21)22-12-6-3-7-13-22/h2-8,10-13,15-16,23,25H,9,14,17-20H2,1H3. The zero-order chi connectivity index (χ0) is 20.6. The first-order valence-corrected chi connectivity index (χ1v) is 10.8. The Balaban J connectivity index is 1.33. The van der Waals surface area contributed by atoms with Crippen molar-refractivity contribution in [1.29, 1.82) is 0 Å². The summed E-state index contributed by atoms with van der Waals surface area (Å²) in [6, 6.07) is 25.4. The van der Waals surface area contributed by atoms with E-state index in [4.69, 9.17) is 4.74 Å². The lowest BCUT2D eigenvalue weighted by Crippen LogP contribution is -2.40. The Morgan fingerprint density at radius 3 is 2.33 bits per heavy atom. The van der Waals surface area contributed by atoms with Gasteiger partial charge < -0.3 is 14.5 Å². The highest BCUT2D eigenvalue weighted by Crippen LogP contribution is 2.26. The highest BCUT2D eigenvalue weighted by molar-refractivity contribution is 5.39. The van der Waals surface area contributed by atoms with E-state index >= 15 is 0 Å². The normalized spacial score (nSPS) is 16.5. The van der Waals surface area contributed by atoms with Gasteiger partial charge in [0, 0.05) is 31.9 Å². The van der Waals surface area contributed by atoms with Crippen molar-refractivity contribution in [2.24, 2.45) is 0 Å². The SMILES string of the molecule is CN(CCOC(c1ccccc1)c1ccccc1)CC1CCCN1c1cccnn1. The molecule has 2 aromatic carbocycles. The zero-order valence-electron chi connectivity index (χ0n) is 17.6. The van der Waals surface area contributed by atoms with Crippen LogP contribution in [0.4, 0.5) is 5.82 Å². The van der Waals surface area contributed by atoms with E-state index in [-0.39, 0.29) is 6.10 Å². The van der Waals surface area contributed by atoms with Gasteiger partial charge in [0.1, 0.15) is 6.10 Å². The van der Waals surface area contributed by atoms with Crippen LogP contribution in [0.2, 0.25) is 0 Å². The minimum absolute atomic E-state index is 0.0385. The highest BCUT2D eigenvalue weighted by Gasteiger charge is 2.26. The molecule has 1 fully saturated rings. The molecule has 1 aliphatic rings. The molecule has 0 bridgehead atoms. The number of likely N-dealkylation sites (N-methyl/N-ethyl adjacent to an activating group) is 1. The molecular formula is C25H30N4O. The Labute approximate surface area is 179 Å². The Hall–Kier alpha value is -2.76. The summed E-state index contributed by atoms with van der Waals surface area (Å²) >= 11 is 0. The molecule has 0 saturated carbocycles. The summed E-state index contributed by atoms with van der Waals surface area (Å²) in [6.07, 6.45) is 4.09. The fraction of sp³-hybridized carbons (Fsp3) is 0.360. The van der Waals surface area contributed by atoms with Crippen LogP contribution in [0.5, 0.6) is 0 Å². The predicted molar refractivity (Wildman–Crippen MR) is 121 cm³/mol. The van der Waals surface area contributed by atoms with Crippen LogP contribution >= 0.6 is 0 Å². The van der Waals surface area contributed by atoms with Gasteiger partial charge in [-0.2, -0.15) is 5.10 Å². The Bertz CT molecular complexity index is 836. The molecular weight excluding hydrogens is 372 g/mol. The van der Waals surface area contributed by atoms with Crippen molar-refractivity contribution in [2.75, 3.05) is 38.2 Å². The smallest absolute Gasteiger partial charge is 0.151 e. The first-order valence-electron chi connectivity index (χ1n) is 10.8. The maximum atomic E-state index is 6.38. The van der Waals surface area contributed by atoms with E-state index in [1.165, 1.54) is 24.0 Å². The van der Waals surface area contributed by atoms with Gasteiger partial charge in [-0.1, -0.05) is 60.7 Å². The Morgan fingerprint density at radius 2 is 1.70 bits per heavy atom. The van der Waals surface area contributed by atoms with Crippen molar-refractivity contribution in [3.8, 4) is 0 Å². The third kappa shape index (κ3) is 5.23. The first kappa shape index (κ1) is 20.5. The molecule has 1 aromatic heterocycles. The van der Waals surface area contributed by atoms with Crippen molar-refractivity contribution >= 4 is 5.82 Å². The number of ether oxygens (including phenoxy) is 1. The van der Waals surface area contributed by atoms with Gasteiger partial charge in [0.15, 0.2) is 5.82 Å². The molecule has 156 valence electrons. The van der Waals surface area contributed by atoms with Crippen LogP contribution in [0, 0.1) is 0 Å². The maximum absolute atomic E-state index is 6.38. The Morgan fingerprint density at radius 1 is 1.00 bits per heavy atom. The van der Waals surface area contributed by atoms with E-state index in [0.29, 0.717) is 12.6 Å². The summed E-state index contributed by atoms with van der Waals surface area (Å²) in [5.74, 6) is 0.984. The number of hydrogen-bond acceptors (Lipinski definition) is 5. The summed E-state index contributed by atoms with van der Waals surface area (Å²) in [4.78, 5) is 4.76. The number of rotatable bonds is 9. The fourth-order valence-electron chi connectivity index (χ4n) is 4.19. The van der Waals surface area contributed by atoms with Gasteiger partial charge in [0.05, 0.1) is 6.61 Å². The minimum Gasteiger partial charge on any atom is -0.367 e. The largest absolute Gasteiger partial charge is 0.367 e. The molecule has 1 aliphatic heterocycles. The molecule has 4 rings (SSSR count). The lowest BCUT2D eigenvalue weighted by atomic mass is 10.0. The molecule has 30 heavy (non-hydrogen) atoms. The molecule has 0 radical (unpaired) electrons. The lowest BCUT2D eigenvalue weighted by molar-refractivity contribution is 0.0638. The van der Waals surface area contributed by atoms with Crippen molar-refractivity contribution in [3.63, 3.8) is 0 Å². The van der Waals surface area contributed by atoms with Crippen LogP contribution in [0.3, 0.4) is 0 Å². The van der Waals surface area contributed by atoms with Crippen LogP contribution < -0.4 is 4.90 Å². The zero-order valence-corrected chi connectivity index (χ0v) is 17.6. The van der Waals surface area contributed by atoms with Gasteiger partial charge in [-0.05, 0) is 43.1 Å². The van der Waals surface area contributed by atoms with E-state index in [1.54, 1.807) is 6.20 Å². The van der Waals surface area contributed by atoms with E-state index in [0.717, 1.165) is 25.5 Å². The average molecular weight is 403 g/mol. The van der Waals surface area contributed by atoms with Crippen LogP contribution in [0.25, 0.3) is 0 Å². The molecule has 0 N–H and O–H groups in total. The summed E-state index contributed by atoms with van der Waals surface area (Å²) in [5, 5.41) is 8.35. The second kappa shape index (κ2) is 10.3. The van der Waals surface area contributed by atoms with Crippen molar-refractivity contribution < 1.29 is 4.74 Å². The summed E-state index contributed by atoms with van der Waals surface area (Å²) in [5.41, 5.74) is 2.38.